The fraction of sp³-hybridized carbons (Fsp3) is 0.476. The molecule has 0 spiro atoms. The number of carbonyl (C=O) groups is 1. The maximum atomic E-state index is 13.0. The standard InChI is InChI=1S/C21H26N4O2/c1-4-5-10-27-15-8-6-14(7-9-15)19-18-16(11-21(2,3)12-17(18)26)24-20-22-13-23-25(19)20/h6-9,13,19H,4-5,10-12H2,1-3H3,(H,22,23,24). The van der Waals surface area contributed by atoms with Crippen molar-refractivity contribution in [1.82, 2.24) is 14.8 Å². The highest BCUT2D eigenvalue weighted by molar-refractivity contribution is 6.00. The number of allylic oxidation sites excluding steroid dienone is 2. The molecule has 0 saturated heterocycles. The minimum Gasteiger partial charge on any atom is -0.494 e. The van der Waals surface area contributed by atoms with Crippen LogP contribution in [0.15, 0.2) is 41.9 Å². The molecule has 1 atom stereocenters. The summed E-state index contributed by atoms with van der Waals surface area (Å²) in [5.74, 6) is 1.72. The molecule has 2 heterocycles. The molecular weight excluding hydrogens is 340 g/mol. The molecule has 4 rings (SSSR count). The van der Waals surface area contributed by atoms with Crippen LogP contribution in [0.3, 0.4) is 0 Å². The highest BCUT2D eigenvalue weighted by Gasteiger charge is 2.41. The Morgan fingerprint density at radius 1 is 1.26 bits per heavy atom. The van der Waals surface area contributed by atoms with E-state index in [4.69, 9.17) is 4.74 Å². The Labute approximate surface area is 159 Å². The van der Waals surface area contributed by atoms with Crippen LogP contribution < -0.4 is 10.1 Å². The summed E-state index contributed by atoms with van der Waals surface area (Å²) in [6.45, 7) is 7.13. The van der Waals surface area contributed by atoms with Gasteiger partial charge in [0.15, 0.2) is 5.78 Å². The predicted molar refractivity (Wildman–Crippen MR) is 104 cm³/mol. The number of unbranched alkanes of at least 4 members (excludes halogenated alkanes) is 1. The molecule has 2 aliphatic rings. The fourth-order valence-corrected chi connectivity index (χ4v) is 3.94. The van der Waals surface area contributed by atoms with Crippen LogP contribution >= 0.6 is 0 Å². The van der Waals surface area contributed by atoms with Gasteiger partial charge in [-0.15, -0.1) is 0 Å². The van der Waals surface area contributed by atoms with Gasteiger partial charge in [-0.25, -0.2) is 4.68 Å². The first-order chi connectivity index (χ1) is 13.0. The van der Waals surface area contributed by atoms with Gasteiger partial charge in [-0.2, -0.15) is 10.1 Å². The van der Waals surface area contributed by atoms with Crippen LogP contribution in [-0.2, 0) is 4.79 Å². The Hall–Kier alpha value is -2.63. The minimum absolute atomic E-state index is 0.0490. The second-order valence-corrected chi connectivity index (χ2v) is 8.16. The molecule has 0 amide bonds. The highest BCUT2D eigenvalue weighted by Crippen LogP contribution is 2.45. The Balaban J connectivity index is 1.70. The summed E-state index contributed by atoms with van der Waals surface area (Å²) in [6.07, 6.45) is 5.06. The summed E-state index contributed by atoms with van der Waals surface area (Å²) in [4.78, 5) is 17.4. The number of hydrogen-bond acceptors (Lipinski definition) is 5. The lowest BCUT2D eigenvalue weighted by atomic mass is 9.73. The topological polar surface area (TPSA) is 69.0 Å². The molecule has 0 fully saturated rings. The highest BCUT2D eigenvalue weighted by atomic mass is 16.5. The number of nitrogens with zero attached hydrogens (tertiary/aromatic N) is 3. The minimum atomic E-state index is -0.243. The van der Waals surface area contributed by atoms with E-state index in [1.807, 2.05) is 28.9 Å². The van der Waals surface area contributed by atoms with Gasteiger partial charge in [0.1, 0.15) is 18.1 Å². The van der Waals surface area contributed by atoms with E-state index in [-0.39, 0.29) is 17.2 Å². The maximum Gasteiger partial charge on any atom is 0.226 e. The van der Waals surface area contributed by atoms with Gasteiger partial charge in [0, 0.05) is 17.7 Å². The number of ether oxygens (including phenoxy) is 1. The summed E-state index contributed by atoms with van der Waals surface area (Å²) < 4.78 is 7.58. The van der Waals surface area contributed by atoms with Gasteiger partial charge >= 0.3 is 0 Å². The first-order valence-corrected chi connectivity index (χ1v) is 9.64. The van der Waals surface area contributed by atoms with Crippen LogP contribution in [0.1, 0.15) is 58.1 Å². The Bertz CT molecular complexity index is 880. The fourth-order valence-electron chi connectivity index (χ4n) is 3.94. The lowest BCUT2D eigenvalue weighted by Gasteiger charge is -2.38. The number of carbonyl (C=O) groups excluding carboxylic acids is 1. The van der Waals surface area contributed by atoms with Crippen LogP contribution in [0.2, 0.25) is 0 Å². The number of aromatic nitrogens is 3. The van der Waals surface area contributed by atoms with E-state index in [9.17, 15) is 4.79 Å². The van der Waals surface area contributed by atoms with E-state index in [0.717, 1.165) is 48.5 Å². The Kier molecular flexibility index (Phi) is 4.50. The number of nitrogens with one attached hydrogen (secondary N) is 1. The van der Waals surface area contributed by atoms with Gasteiger partial charge in [-0.1, -0.05) is 39.3 Å². The largest absolute Gasteiger partial charge is 0.494 e. The molecule has 6 heteroatoms. The number of hydrogen-bond donors (Lipinski definition) is 1. The van der Waals surface area contributed by atoms with E-state index >= 15 is 0 Å². The molecule has 1 unspecified atom stereocenters. The normalized spacial score (nSPS) is 20.7. The zero-order chi connectivity index (χ0) is 19.0. The number of ketones is 1. The first kappa shape index (κ1) is 17.8. The summed E-state index contributed by atoms with van der Waals surface area (Å²) in [5.41, 5.74) is 2.76. The lowest BCUT2D eigenvalue weighted by Crippen LogP contribution is -2.36. The molecule has 142 valence electrons. The van der Waals surface area contributed by atoms with Gasteiger partial charge < -0.3 is 10.1 Å². The number of Topliss-reactive ketones (excluding diaryl/α,β-unsaturated/α-hetero) is 1. The third-order valence-corrected chi connectivity index (χ3v) is 5.24. The average Bonchev–Trinajstić information content (AvgIpc) is 3.08. The zero-order valence-corrected chi connectivity index (χ0v) is 16.2. The van der Waals surface area contributed by atoms with E-state index in [1.54, 1.807) is 0 Å². The number of rotatable bonds is 5. The SMILES string of the molecule is CCCCOc1ccc(C2C3=C(CC(C)(C)CC3=O)Nc3ncnn32)cc1. The second-order valence-electron chi connectivity index (χ2n) is 8.16. The molecule has 0 radical (unpaired) electrons. The van der Waals surface area contributed by atoms with Crippen molar-refractivity contribution in [2.75, 3.05) is 11.9 Å². The summed E-state index contributed by atoms with van der Waals surface area (Å²) in [7, 11) is 0. The van der Waals surface area contributed by atoms with Crippen LogP contribution in [-0.4, -0.2) is 27.2 Å². The summed E-state index contributed by atoms with van der Waals surface area (Å²) in [6, 6.07) is 7.76. The van der Waals surface area contributed by atoms with Gasteiger partial charge in [-0.3, -0.25) is 4.79 Å². The van der Waals surface area contributed by atoms with Crippen molar-refractivity contribution in [2.45, 2.75) is 52.5 Å². The summed E-state index contributed by atoms with van der Waals surface area (Å²) in [5, 5.41) is 7.72. The molecule has 1 N–H and O–H groups in total. The van der Waals surface area contributed by atoms with Crippen molar-refractivity contribution in [3.05, 3.63) is 47.4 Å². The molecule has 0 saturated carbocycles. The third-order valence-electron chi connectivity index (χ3n) is 5.24. The summed E-state index contributed by atoms with van der Waals surface area (Å²) >= 11 is 0. The van der Waals surface area contributed by atoms with Crippen LogP contribution in [0.5, 0.6) is 5.75 Å². The van der Waals surface area contributed by atoms with E-state index in [0.29, 0.717) is 12.4 Å². The van der Waals surface area contributed by atoms with Gasteiger partial charge in [0.2, 0.25) is 5.95 Å². The maximum absolute atomic E-state index is 13.0. The quantitative estimate of drug-likeness (QED) is 0.806. The monoisotopic (exact) mass is 366 g/mol. The molecule has 1 aromatic heterocycles. The third kappa shape index (κ3) is 3.36. The zero-order valence-electron chi connectivity index (χ0n) is 16.2. The second kappa shape index (κ2) is 6.83. The Morgan fingerprint density at radius 2 is 2.04 bits per heavy atom. The Morgan fingerprint density at radius 3 is 2.78 bits per heavy atom. The molecule has 27 heavy (non-hydrogen) atoms. The van der Waals surface area contributed by atoms with Crippen molar-refractivity contribution in [3.63, 3.8) is 0 Å². The van der Waals surface area contributed by atoms with Crippen LogP contribution in [0.4, 0.5) is 5.95 Å². The average molecular weight is 366 g/mol. The molecule has 6 nitrogen and oxygen atoms in total. The molecule has 1 aliphatic carbocycles. The lowest BCUT2D eigenvalue weighted by molar-refractivity contribution is -0.118. The first-order valence-electron chi connectivity index (χ1n) is 9.64. The number of anilines is 1. The van der Waals surface area contributed by atoms with Crippen molar-refractivity contribution in [2.24, 2.45) is 5.41 Å². The van der Waals surface area contributed by atoms with Crippen molar-refractivity contribution in [3.8, 4) is 5.75 Å². The van der Waals surface area contributed by atoms with Crippen molar-refractivity contribution >= 4 is 11.7 Å². The van der Waals surface area contributed by atoms with Gasteiger partial charge in [0.05, 0.1) is 6.61 Å². The van der Waals surface area contributed by atoms with E-state index < -0.39 is 0 Å². The predicted octanol–water partition coefficient (Wildman–Crippen LogP) is 4.12. The van der Waals surface area contributed by atoms with Gasteiger partial charge in [0.25, 0.3) is 0 Å². The molecule has 1 aliphatic heterocycles. The number of fused-ring (bicyclic) bond motifs is 1. The molecule has 1 aromatic carbocycles. The van der Waals surface area contributed by atoms with E-state index in [2.05, 4.69) is 36.2 Å². The number of benzene rings is 1. The van der Waals surface area contributed by atoms with Crippen LogP contribution in [0.25, 0.3) is 0 Å². The van der Waals surface area contributed by atoms with Crippen molar-refractivity contribution < 1.29 is 9.53 Å². The van der Waals surface area contributed by atoms with Gasteiger partial charge in [-0.05, 0) is 36.0 Å². The molecule has 2 aromatic rings. The molecule has 0 bridgehead atoms. The smallest absolute Gasteiger partial charge is 0.226 e. The van der Waals surface area contributed by atoms with E-state index in [1.165, 1.54) is 6.33 Å². The van der Waals surface area contributed by atoms with Crippen LogP contribution in [0, 0.1) is 5.41 Å². The van der Waals surface area contributed by atoms with Crippen molar-refractivity contribution in [1.29, 1.82) is 0 Å². The molecular formula is C21H26N4O2.